The van der Waals surface area contributed by atoms with Crippen LogP contribution in [0.1, 0.15) is 0 Å². The molecule has 0 bridgehead atoms. The van der Waals surface area contributed by atoms with Gasteiger partial charge in [0, 0.05) is 0 Å². The molecule has 7 heteroatoms. The van der Waals surface area contributed by atoms with E-state index in [0.717, 1.165) is 0 Å². The van der Waals surface area contributed by atoms with Crippen LogP contribution < -0.4 is 0 Å². The van der Waals surface area contributed by atoms with Gasteiger partial charge < -0.3 is 14.7 Å². The molecule has 0 atom stereocenters. The van der Waals surface area contributed by atoms with Gasteiger partial charge >= 0.3 is 7.82 Å². The molecular weight excluding hydrogens is 157 g/mol. The molecule has 0 amide bonds. The van der Waals surface area contributed by atoms with Crippen molar-refractivity contribution in [2.75, 3.05) is 0 Å². The third-order valence-electron chi connectivity index (χ3n) is 0. The predicted molar refractivity (Wildman–Crippen MR) is 25.6 cm³/mol. The number of hydrogen-bond donors (Lipinski definition) is 3. The highest BCUT2D eigenvalue weighted by molar-refractivity contribution is 7.45. The van der Waals surface area contributed by atoms with E-state index in [1.54, 1.807) is 0 Å². The van der Waals surface area contributed by atoms with Crippen LogP contribution in [0.2, 0.25) is 0 Å². The second kappa shape index (κ2) is 4.58. The summed E-state index contributed by atoms with van der Waals surface area (Å²) in [5.41, 5.74) is 0. The summed E-state index contributed by atoms with van der Waals surface area (Å²) < 4.78 is 29.2. The lowest BCUT2D eigenvalue weighted by Crippen LogP contribution is -1.66. The lowest BCUT2D eigenvalue weighted by atomic mass is 11.2. The molecule has 0 aromatic heterocycles. The molecule has 56 valence electrons. The third-order valence-corrected chi connectivity index (χ3v) is 0. The molecule has 9 heavy (non-hydrogen) atoms. The summed E-state index contributed by atoms with van der Waals surface area (Å²) in [6.45, 7) is 2.22. The average Bonchev–Trinajstić information content (AvgIpc) is 1.19. The maximum Gasteiger partial charge on any atom is 0.466 e. The standard InChI is InChI=1S/C2H2F2.H3O4P/c1-2(3)4;1-5(2,3)4/h1H2;(H3,1,2,3,4). The van der Waals surface area contributed by atoms with Crippen molar-refractivity contribution < 1.29 is 28.0 Å². The molecule has 0 aromatic carbocycles. The van der Waals surface area contributed by atoms with E-state index in [2.05, 4.69) is 6.58 Å². The number of halogens is 2. The Kier molecular flexibility index (Phi) is 5.85. The second-order valence-electron chi connectivity index (χ2n) is 0.852. The Bertz CT molecular complexity index is 116. The maximum absolute atomic E-state index is 10.1. The van der Waals surface area contributed by atoms with Crippen molar-refractivity contribution >= 4 is 7.82 Å². The summed E-state index contributed by atoms with van der Waals surface area (Å²) in [6.07, 6.45) is -1.83. The molecule has 0 aliphatic rings. The number of phosphoric acid groups is 1. The van der Waals surface area contributed by atoms with Crippen LogP contribution >= 0.6 is 7.82 Å². The van der Waals surface area contributed by atoms with Crippen molar-refractivity contribution in [3.63, 3.8) is 0 Å². The Morgan fingerprint density at radius 1 is 1.33 bits per heavy atom. The molecule has 0 spiro atoms. The fourth-order valence-corrected chi connectivity index (χ4v) is 0. The minimum Gasteiger partial charge on any atom is -0.303 e. The lowest BCUT2D eigenvalue weighted by Gasteiger charge is -1.82. The molecule has 0 aliphatic heterocycles. The van der Waals surface area contributed by atoms with Crippen LogP contribution in [0.4, 0.5) is 8.78 Å². The summed E-state index contributed by atoms with van der Waals surface area (Å²) in [5.74, 6) is 0. The Labute approximate surface area is 49.7 Å². The lowest BCUT2D eigenvalue weighted by molar-refractivity contribution is 0.275. The van der Waals surface area contributed by atoms with Crippen molar-refractivity contribution in [2.24, 2.45) is 0 Å². The first-order valence-corrected chi connectivity index (χ1v) is 3.08. The highest BCUT2D eigenvalue weighted by Gasteiger charge is 2.00. The molecule has 0 unspecified atom stereocenters. The summed E-state index contributed by atoms with van der Waals surface area (Å²) in [7, 11) is -4.64. The van der Waals surface area contributed by atoms with Crippen molar-refractivity contribution in [1.29, 1.82) is 0 Å². The van der Waals surface area contributed by atoms with Crippen LogP contribution in [0.5, 0.6) is 0 Å². The summed E-state index contributed by atoms with van der Waals surface area (Å²) in [5, 5.41) is 0. The maximum atomic E-state index is 10.1. The fraction of sp³-hybridized carbons (Fsp3) is 0. The van der Waals surface area contributed by atoms with E-state index in [9.17, 15) is 8.78 Å². The molecule has 0 aliphatic carbocycles. The van der Waals surface area contributed by atoms with Gasteiger partial charge in [0.25, 0.3) is 6.08 Å². The van der Waals surface area contributed by atoms with Crippen LogP contribution in [0.25, 0.3) is 0 Å². The van der Waals surface area contributed by atoms with Crippen LogP contribution in [0.3, 0.4) is 0 Å². The fourth-order valence-electron chi connectivity index (χ4n) is 0. The van der Waals surface area contributed by atoms with Crippen molar-refractivity contribution in [2.45, 2.75) is 0 Å². The molecule has 0 rings (SSSR count). The smallest absolute Gasteiger partial charge is 0.303 e. The zero-order chi connectivity index (χ0) is 8.08. The molecule has 0 aromatic rings. The Morgan fingerprint density at radius 3 is 1.33 bits per heavy atom. The van der Waals surface area contributed by atoms with Crippen molar-refractivity contribution in [3.8, 4) is 0 Å². The van der Waals surface area contributed by atoms with E-state index in [0.29, 0.717) is 0 Å². The predicted octanol–water partition coefficient (Wildman–Crippen LogP) is 0.468. The van der Waals surface area contributed by atoms with Gasteiger partial charge in [0.2, 0.25) is 0 Å². The molecule has 0 fully saturated rings. The first-order chi connectivity index (χ1) is 3.73. The largest absolute Gasteiger partial charge is 0.466 e. The van der Waals surface area contributed by atoms with Gasteiger partial charge in [-0.2, -0.15) is 8.78 Å². The zero-order valence-electron chi connectivity index (χ0n) is 4.16. The van der Waals surface area contributed by atoms with E-state index in [1.165, 1.54) is 0 Å². The summed E-state index contributed by atoms with van der Waals surface area (Å²) >= 11 is 0. The van der Waals surface area contributed by atoms with Crippen molar-refractivity contribution in [1.82, 2.24) is 0 Å². The Morgan fingerprint density at radius 2 is 1.33 bits per heavy atom. The van der Waals surface area contributed by atoms with Gasteiger partial charge in [-0.1, -0.05) is 0 Å². The van der Waals surface area contributed by atoms with Crippen molar-refractivity contribution in [3.05, 3.63) is 12.7 Å². The quantitative estimate of drug-likeness (QED) is 0.452. The average molecular weight is 162 g/mol. The second-order valence-corrected chi connectivity index (χ2v) is 1.88. The minimum atomic E-state index is -4.64. The zero-order valence-corrected chi connectivity index (χ0v) is 5.05. The highest BCUT2D eigenvalue weighted by Crippen LogP contribution is 2.25. The Hall–Kier alpha value is -0.290. The molecule has 0 radical (unpaired) electrons. The summed E-state index contributed by atoms with van der Waals surface area (Å²) in [4.78, 5) is 21.6. The number of hydrogen-bond acceptors (Lipinski definition) is 1. The number of rotatable bonds is 0. The van der Waals surface area contributed by atoms with E-state index in [1.807, 2.05) is 0 Å². The van der Waals surface area contributed by atoms with E-state index in [4.69, 9.17) is 19.2 Å². The van der Waals surface area contributed by atoms with Gasteiger partial charge in [0.1, 0.15) is 0 Å². The van der Waals surface area contributed by atoms with Crippen LogP contribution in [0.15, 0.2) is 12.7 Å². The van der Waals surface area contributed by atoms with Crippen LogP contribution in [-0.4, -0.2) is 14.7 Å². The molecule has 3 N–H and O–H groups in total. The first-order valence-electron chi connectivity index (χ1n) is 1.51. The van der Waals surface area contributed by atoms with Crippen LogP contribution in [0, 0.1) is 0 Å². The Balaban J connectivity index is 0. The van der Waals surface area contributed by atoms with Gasteiger partial charge in [-0.15, -0.1) is 0 Å². The first kappa shape index (κ1) is 11.5. The summed E-state index contributed by atoms with van der Waals surface area (Å²) in [6, 6.07) is 0. The highest BCUT2D eigenvalue weighted by atomic mass is 31.2. The van der Waals surface area contributed by atoms with Gasteiger partial charge in [-0.25, -0.2) is 4.57 Å². The van der Waals surface area contributed by atoms with Gasteiger partial charge in [0.05, 0.1) is 0 Å². The normalized spacial score (nSPS) is 9.44. The SMILES string of the molecule is C=C(F)F.O=P(O)(O)O. The monoisotopic (exact) mass is 162 g/mol. The molecule has 0 saturated heterocycles. The van der Waals surface area contributed by atoms with E-state index >= 15 is 0 Å². The topological polar surface area (TPSA) is 77.8 Å². The molecule has 4 nitrogen and oxygen atoms in total. The molecular formula is C2H5F2O4P. The molecule has 0 saturated carbocycles. The third kappa shape index (κ3) is 2990. The van der Waals surface area contributed by atoms with Crippen LogP contribution in [-0.2, 0) is 4.57 Å². The van der Waals surface area contributed by atoms with E-state index < -0.39 is 13.9 Å². The van der Waals surface area contributed by atoms with Gasteiger partial charge in [-0.3, -0.25) is 0 Å². The molecule has 0 heterocycles. The van der Waals surface area contributed by atoms with Gasteiger partial charge in [-0.05, 0) is 6.58 Å². The van der Waals surface area contributed by atoms with Gasteiger partial charge in [0.15, 0.2) is 0 Å². The minimum absolute atomic E-state index is 1.83. The van der Waals surface area contributed by atoms with E-state index in [-0.39, 0.29) is 0 Å².